The molecule has 3 aromatic rings. The third-order valence-corrected chi connectivity index (χ3v) is 5.08. The van der Waals surface area contributed by atoms with Gasteiger partial charge in [-0.05, 0) is 37.1 Å². The van der Waals surface area contributed by atoms with Gasteiger partial charge >= 0.3 is 0 Å². The largest absolute Gasteiger partial charge is 0.497 e. The molecule has 1 aromatic heterocycles. The molecular formula is C22H24N2O3. The monoisotopic (exact) mass is 364 g/mol. The molecule has 0 saturated carbocycles. The second-order valence-corrected chi connectivity index (χ2v) is 6.65. The molecule has 2 heterocycles. The summed E-state index contributed by atoms with van der Waals surface area (Å²) >= 11 is 0. The molecule has 1 aliphatic heterocycles. The number of ether oxygens (including phenoxy) is 3. The fourth-order valence-corrected chi connectivity index (χ4v) is 3.75. The maximum atomic E-state index is 5.91. The Bertz CT molecular complexity index is 957. The second-order valence-electron chi connectivity index (χ2n) is 6.65. The van der Waals surface area contributed by atoms with E-state index < -0.39 is 0 Å². The van der Waals surface area contributed by atoms with Crippen molar-refractivity contribution >= 4 is 16.6 Å². The lowest BCUT2D eigenvalue weighted by Gasteiger charge is -2.22. The molecule has 0 unspecified atom stereocenters. The smallest absolute Gasteiger partial charge is 0.148 e. The molecule has 1 aliphatic rings. The molecule has 0 saturated heterocycles. The second kappa shape index (κ2) is 7.35. The van der Waals surface area contributed by atoms with Crippen LogP contribution in [0.2, 0.25) is 0 Å². The average molecular weight is 364 g/mol. The standard InChI is InChI=1S/C22H24N2O3/c1-15-18-9-10-24(11-12-27-16-7-5-4-6-8-16)22(18)19-13-17(25-2)14-20(26-3)21(19)23-15/h4-8,13-14H,9-12H2,1-3H3. The van der Waals surface area contributed by atoms with Crippen molar-refractivity contribution in [2.45, 2.75) is 13.3 Å². The van der Waals surface area contributed by atoms with Gasteiger partial charge in [0.05, 0.1) is 26.5 Å². The number of hydrogen-bond acceptors (Lipinski definition) is 5. The molecule has 27 heavy (non-hydrogen) atoms. The summed E-state index contributed by atoms with van der Waals surface area (Å²) in [5.41, 5.74) is 4.47. The number of anilines is 1. The summed E-state index contributed by atoms with van der Waals surface area (Å²) in [6.07, 6.45) is 0.995. The van der Waals surface area contributed by atoms with Crippen molar-refractivity contribution in [2.24, 2.45) is 0 Å². The molecule has 140 valence electrons. The number of hydrogen-bond donors (Lipinski definition) is 0. The van der Waals surface area contributed by atoms with Crippen LogP contribution in [0.15, 0.2) is 42.5 Å². The molecular weight excluding hydrogens is 340 g/mol. The Hall–Kier alpha value is -2.95. The molecule has 0 aliphatic carbocycles. The summed E-state index contributed by atoms with van der Waals surface area (Å²) in [6.45, 7) is 4.49. The SMILES string of the molecule is COc1cc(OC)c2nc(C)c3c(c2c1)N(CCOc1ccccc1)CC3. The van der Waals surface area contributed by atoms with Crippen LogP contribution in [0.1, 0.15) is 11.3 Å². The summed E-state index contributed by atoms with van der Waals surface area (Å²) in [4.78, 5) is 7.20. The van der Waals surface area contributed by atoms with Crippen LogP contribution in [-0.4, -0.2) is 38.9 Å². The molecule has 5 nitrogen and oxygen atoms in total. The average Bonchev–Trinajstić information content (AvgIpc) is 3.13. The lowest BCUT2D eigenvalue weighted by Crippen LogP contribution is -2.26. The van der Waals surface area contributed by atoms with Gasteiger partial charge in [-0.2, -0.15) is 0 Å². The fourth-order valence-electron chi connectivity index (χ4n) is 3.75. The molecule has 2 aromatic carbocycles. The Labute approximate surface area is 159 Å². The predicted molar refractivity (Wildman–Crippen MR) is 107 cm³/mol. The zero-order valence-corrected chi connectivity index (χ0v) is 16.0. The predicted octanol–water partition coefficient (Wildman–Crippen LogP) is 4.00. The van der Waals surface area contributed by atoms with Gasteiger partial charge in [0.1, 0.15) is 29.4 Å². The fraction of sp³-hybridized carbons (Fsp3) is 0.318. The van der Waals surface area contributed by atoms with E-state index in [0.29, 0.717) is 6.61 Å². The number of fused-ring (bicyclic) bond motifs is 3. The van der Waals surface area contributed by atoms with E-state index >= 15 is 0 Å². The van der Waals surface area contributed by atoms with Crippen molar-refractivity contribution in [1.29, 1.82) is 0 Å². The summed E-state index contributed by atoms with van der Waals surface area (Å²) in [7, 11) is 3.35. The molecule has 0 amide bonds. The molecule has 0 spiro atoms. The van der Waals surface area contributed by atoms with E-state index in [4.69, 9.17) is 19.2 Å². The number of aryl methyl sites for hydroxylation is 1. The van der Waals surface area contributed by atoms with E-state index in [1.807, 2.05) is 36.4 Å². The minimum atomic E-state index is 0.632. The third kappa shape index (κ3) is 3.25. The first-order valence-corrected chi connectivity index (χ1v) is 9.19. The first-order valence-electron chi connectivity index (χ1n) is 9.19. The van der Waals surface area contributed by atoms with Gasteiger partial charge in [-0.25, -0.2) is 4.98 Å². The van der Waals surface area contributed by atoms with Crippen LogP contribution in [0.4, 0.5) is 5.69 Å². The Morgan fingerprint density at radius 1 is 1.04 bits per heavy atom. The van der Waals surface area contributed by atoms with E-state index in [9.17, 15) is 0 Å². The van der Waals surface area contributed by atoms with Crippen LogP contribution >= 0.6 is 0 Å². The van der Waals surface area contributed by atoms with Gasteiger partial charge in [0.2, 0.25) is 0 Å². The first-order chi connectivity index (χ1) is 13.2. The summed E-state index contributed by atoms with van der Waals surface area (Å²) in [5, 5.41) is 1.07. The summed E-state index contributed by atoms with van der Waals surface area (Å²) < 4.78 is 17.0. The minimum Gasteiger partial charge on any atom is -0.497 e. The number of nitrogens with zero attached hydrogens (tertiary/aromatic N) is 2. The number of rotatable bonds is 6. The van der Waals surface area contributed by atoms with Gasteiger partial charge in [0.25, 0.3) is 0 Å². The number of para-hydroxylation sites is 1. The normalized spacial score (nSPS) is 12.9. The van der Waals surface area contributed by atoms with Gasteiger partial charge in [-0.15, -0.1) is 0 Å². The summed E-state index contributed by atoms with van der Waals surface area (Å²) in [5.74, 6) is 2.42. The first kappa shape index (κ1) is 17.5. The zero-order valence-electron chi connectivity index (χ0n) is 16.0. The Kier molecular flexibility index (Phi) is 4.75. The maximum Gasteiger partial charge on any atom is 0.148 e. The van der Waals surface area contributed by atoms with Crippen molar-refractivity contribution in [3.63, 3.8) is 0 Å². The lowest BCUT2D eigenvalue weighted by molar-refractivity contribution is 0.324. The van der Waals surface area contributed by atoms with Gasteiger partial charge in [0, 0.05) is 23.7 Å². The highest BCUT2D eigenvalue weighted by molar-refractivity contribution is 5.99. The molecule has 4 rings (SSSR count). The van der Waals surface area contributed by atoms with Crippen LogP contribution in [0.3, 0.4) is 0 Å². The summed E-state index contributed by atoms with van der Waals surface area (Å²) in [6, 6.07) is 13.9. The number of methoxy groups -OCH3 is 2. The van der Waals surface area contributed by atoms with Crippen LogP contribution in [-0.2, 0) is 6.42 Å². The van der Waals surface area contributed by atoms with Gasteiger partial charge in [-0.3, -0.25) is 0 Å². The van der Waals surface area contributed by atoms with Crippen molar-refractivity contribution in [3.8, 4) is 17.2 Å². The van der Waals surface area contributed by atoms with E-state index in [1.165, 1.54) is 11.3 Å². The highest BCUT2D eigenvalue weighted by Gasteiger charge is 2.26. The van der Waals surface area contributed by atoms with Crippen molar-refractivity contribution < 1.29 is 14.2 Å². The molecule has 0 N–H and O–H groups in total. The van der Waals surface area contributed by atoms with E-state index in [0.717, 1.165) is 53.4 Å². The maximum absolute atomic E-state index is 5.91. The molecule has 0 bridgehead atoms. The third-order valence-electron chi connectivity index (χ3n) is 5.08. The highest BCUT2D eigenvalue weighted by Crippen LogP contribution is 2.41. The van der Waals surface area contributed by atoms with E-state index in [1.54, 1.807) is 14.2 Å². The van der Waals surface area contributed by atoms with Crippen LogP contribution in [0.5, 0.6) is 17.2 Å². The zero-order chi connectivity index (χ0) is 18.8. The number of aromatic nitrogens is 1. The molecule has 5 heteroatoms. The topological polar surface area (TPSA) is 43.8 Å². The number of benzene rings is 2. The lowest BCUT2D eigenvalue weighted by atomic mass is 10.1. The Morgan fingerprint density at radius 2 is 1.85 bits per heavy atom. The molecule has 0 atom stereocenters. The van der Waals surface area contributed by atoms with Gasteiger partial charge in [-0.1, -0.05) is 18.2 Å². The van der Waals surface area contributed by atoms with E-state index in [-0.39, 0.29) is 0 Å². The van der Waals surface area contributed by atoms with Crippen LogP contribution in [0, 0.1) is 6.92 Å². The van der Waals surface area contributed by atoms with Gasteiger partial charge in [0.15, 0.2) is 0 Å². The number of pyridine rings is 1. The quantitative estimate of drug-likeness (QED) is 0.661. The molecule has 0 radical (unpaired) electrons. The Balaban J connectivity index is 1.68. The highest BCUT2D eigenvalue weighted by atomic mass is 16.5. The van der Waals surface area contributed by atoms with Crippen LogP contribution < -0.4 is 19.1 Å². The van der Waals surface area contributed by atoms with Crippen molar-refractivity contribution in [3.05, 3.63) is 53.7 Å². The van der Waals surface area contributed by atoms with Crippen molar-refractivity contribution in [2.75, 3.05) is 38.8 Å². The van der Waals surface area contributed by atoms with Crippen molar-refractivity contribution in [1.82, 2.24) is 4.98 Å². The van der Waals surface area contributed by atoms with Crippen LogP contribution in [0.25, 0.3) is 10.9 Å². The molecule has 0 fully saturated rings. The van der Waals surface area contributed by atoms with E-state index in [2.05, 4.69) is 17.9 Å². The Morgan fingerprint density at radius 3 is 2.59 bits per heavy atom. The minimum absolute atomic E-state index is 0.632. The van der Waals surface area contributed by atoms with Gasteiger partial charge < -0.3 is 19.1 Å².